The van der Waals surface area contributed by atoms with Crippen molar-refractivity contribution in [2.24, 2.45) is 0 Å². The fraction of sp³-hybridized carbons (Fsp3) is 0.200. The molecule has 0 aromatic heterocycles. The molecule has 0 saturated heterocycles. The van der Waals surface area contributed by atoms with Crippen molar-refractivity contribution in [3.8, 4) is 11.5 Å². The first-order chi connectivity index (χ1) is 10.1. The Kier molecular flexibility index (Phi) is 4.61. The molecule has 2 aromatic rings. The summed E-state index contributed by atoms with van der Waals surface area (Å²) in [4.78, 5) is 10.6. The van der Waals surface area contributed by atoms with E-state index in [0.717, 1.165) is 11.3 Å². The maximum Gasteiger partial charge on any atom is 0.296 e. The number of hydrogen-bond acceptors (Lipinski definition) is 5. The Balaban J connectivity index is 2.13. The number of anilines is 1. The topological polar surface area (TPSA) is 73.6 Å². The molecule has 2 aromatic carbocycles. The van der Waals surface area contributed by atoms with Crippen LogP contribution < -0.4 is 14.8 Å². The summed E-state index contributed by atoms with van der Waals surface area (Å²) in [6.07, 6.45) is 0. The molecule has 110 valence electrons. The highest BCUT2D eigenvalue weighted by Gasteiger charge is 2.14. The number of rotatable bonds is 6. The van der Waals surface area contributed by atoms with Crippen LogP contribution in [-0.4, -0.2) is 19.1 Å². The quantitative estimate of drug-likeness (QED) is 0.652. The highest BCUT2D eigenvalue weighted by molar-refractivity contribution is 5.64. The Bertz CT molecular complexity index is 626. The molecule has 0 aliphatic carbocycles. The van der Waals surface area contributed by atoms with Crippen molar-refractivity contribution in [1.29, 1.82) is 0 Å². The van der Waals surface area contributed by atoms with Crippen LogP contribution >= 0.6 is 0 Å². The van der Waals surface area contributed by atoms with Crippen LogP contribution in [0.15, 0.2) is 42.5 Å². The standard InChI is InChI=1S/C15H16N2O4/c1-20-12-5-3-11(4-6-12)10-16-14-8-7-13(21-2)9-15(14)17(18)19/h3-9,16H,10H2,1-2H3. The predicted octanol–water partition coefficient (Wildman–Crippen LogP) is 3.22. The molecule has 6 heteroatoms. The average Bonchev–Trinajstić information content (AvgIpc) is 2.53. The van der Waals surface area contributed by atoms with Gasteiger partial charge < -0.3 is 14.8 Å². The maximum absolute atomic E-state index is 11.1. The van der Waals surface area contributed by atoms with Crippen LogP contribution in [0.4, 0.5) is 11.4 Å². The summed E-state index contributed by atoms with van der Waals surface area (Å²) in [5.41, 5.74) is 1.44. The Morgan fingerprint density at radius 1 is 1.05 bits per heavy atom. The highest BCUT2D eigenvalue weighted by atomic mass is 16.6. The van der Waals surface area contributed by atoms with Crippen LogP contribution in [0.25, 0.3) is 0 Å². The van der Waals surface area contributed by atoms with E-state index in [1.807, 2.05) is 24.3 Å². The minimum absolute atomic E-state index is 0.0112. The molecular formula is C15H16N2O4. The van der Waals surface area contributed by atoms with Crippen LogP contribution in [0.5, 0.6) is 11.5 Å². The molecule has 0 radical (unpaired) electrons. The smallest absolute Gasteiger partial charge is 0.296 e. The highest BCUT2D eigenvalue weighted by Crippen LogP contribution is 2.29. The van der Waals surface area contributed by atoms with E-state index in [9.17, 15) is 10.1 Å². The summed E-state index contributed by atoms with van der Waals surface area (Å²) in [6.45, 7) is 0.483. The van der Waals surface area contributed by atoms with Gasteiger partial charge >= 0.3 is 0 Å². The van der Waals surface area contributed by atoms with Gasteiger partial charge in [0.2, 0.25) is 0 Å². The van der Waals surface area contributed by atoms with E-state index in [-0.39, 0.29) is 5.69 Å². The van der Waals surface area contributed by atoms with Gasteiger partial charge in [-0.3, -0.25) is 10.1 Å². The zero-order valence-electron chi connectivity index (χ0n) is 11.8. The minimum Gasteiger partial charge on any atom is -0.497 e. The SMILES string of the molecule is COc1ccc(CNc2ccc(OC)cc2[N+](=O)[O-])cc1. The van der Waals surface area contributed by atoms with Gasteiger partial charge in [0, 0.05) is 6.54 Å². The van der Waals surface area contributed by atoms with E-state index in [1.54, 1.807) is 19.2 Å². The Labute approximate surface area is 122 Å². The summed E-state index contributed by atoms with van der Waals surface area (Å²) >= 11 is 0. The monoisotopic (exact) mass is 288 g/mol. The minimum atomic E-state index is -0.432. The van der Waals surface area contributed by atoms with Gasteiger partial charge in [0.05, 0.1) is 25.2 Å². The first-order valence-electron chi connectivity index (χ1n) is 6.33. The normalized spacial score (nSPS) is 10.0. The summed E-state index contributed by atoms with van der Waals surface area (Å²) < 4.78 is 10.1. The maximum atomic E-state index is 11.1. The molecule has 0 unspecified atom stereocenters. The van der Waals surface area contributed by atoms with Crippen LogP contribution in [0, 0.1) is 10.1 Å². The Morgan fingerprint density at radius 3 is 2.24 bits per heavy atom. The molecule has 1 N–H and O–H groups in total. The van der Waals surface area contributed by atoms with Gasteiger partial charge in [-0.05, 0) is 29.8 Å². The lowest BCUT2D eigenvalue weighted by Gasteiger charge is -2.09. The molecule has 0 bridgehead atoms. The molecule has 0 aliphatic heterocycles. The van der Waals surface area contributed by atoms with Crippen molar-refractivity contribution in [2.75, 3.05) is 19.5 Å². The van der Waals surface area contributed by atoms with Crippen molar-refractivity contribution >= 4 is 11.4 Å². The molecule has 0 heterocycles. The molecule has 0 atom stereocenters. The molecular weight excluding hydrogens is 272 g/mol. The third-order valence-corrected chi connectivity index (χ3v) is 3.04. The number of nitrogens with zero attached hydrogens (tertiary/aromatic N) is 1. The molecule has 0 saturated carbocycles. The molecule has 0 aliphatic rings. The van der Waals surface area contributed by atoms with Crippen molar-refractivity contribution < 1.29 is 14.4 Å². The number of nitro benzene ring substituents is 1. The van der Waals surface area contributed by atoms with Gasteiger partial charge in [0.1, 0.15) is 17.2 Å². The summed E-state index contributed by atoms with van der Waals surface area (Å²) in [5, 5.41) is 14.1. The fourth-order valence-corrected chi connectivity index (χ4v) is 1.88. The number of benzene rings is 2. The average molecular weight is 288 g/mol. The summed E-state index contributed by atoms with van der Waals surface area (Å²) in [7, 11) is 3.08. The van der Waals surface area contributed by atoms with Crippen LogP contribution in [-0.2, 0) is 6.54 Å². The Hall–Kier alpha value is -2.76. The van der Waals surface area contributed by atoms with Crippen LogP contribution in [0.1, 0.15) is 5.56 Å². The Morgan fingerprint density at radius 2 is 1.67 bits per heavy atom. The van der Waals surface area contributed by atoms with E-state index in [4.69, 9.17) is 9.47 Å². The predicted molar refractivity (Wildman–Crippen MR) is 80.0 cm³/mol. The molecule has 6 nitrogen and oxygen atoms in total. The summed E-state index contributed by atoms with van der Waals surface area (Å²) in [5.74, 6) is 1.23. The van der Waals surface area contributed by atoms with Crippen molar-refractivity contribution in [2.45, 2.75) is 6.54 Å². The van der Waals surface area contributed by atoms with Gasteiger partial charge in [-0.2, -0.15) is 0 Å². The number of ether oxygens (including phenoxy) is 2. The van der Waals surface area contributed by atoms with Gasteiger partial charge in [0.25, 0.3) is 5.69 Å². The van der Waals surface area contributed by atoms with Crippen molar-refractivity contribution in [3.63, 3.8) is 0 Å². The third kappa shape index (κ3) is 3.62. The number of hydrogen-bond donors (Lipinski definition) is 1. The fourth-order valence-electron chi connectivity index (χ4n) is 1.88. The second kappa shape index (κ2) is 6.60. The molecule has 2 rings (SSSR count). The first kappa shape index (κ1) is 14.6. The molecule has 0 amide bonds. The first-order valence-corrected chi connectivity index (χ1v) is 6.33. The summed E-state index contributed by atoms with van der Waals surface area (Å²) in [6, 6.07) is 12.2. The van der Waals surface area contributed by atoms with Crippen molar-refractivity contribution in [1.82, 2.24) is 0 Å². The van der Waals surface area contributed by atoms with E-state index in [1.165, 1.54) is 13.2 Å². The zero-order chi connectivity index (χ0) is 15.2. The van der Waals surface area contributed by atoms with Crippen molar-refractivity contribution in [3.05, 3.63) is 58.1 Å². The second-order valence-electron chi connectivity index (χ2n) is 4.34. The zero-order valence-corrected chi connectivity index (χ0v) is 11.8. The van der Waals surface area contributed by atoms with Gasteiger partial charge in [0.15, 0.2) is 0 Å². The van der Waals surface area contributed by atoms with Gasteiger partial charge in [-0.25, -0.2) is 0 Å². The molecule has 21 heavy (non-hydrogen) atoms. The largest absolute Gasteiger partial charge is 0.497 e. The van der Waals surface area contributed by atoms with E-state index in [0.29, 0.717) is 18.0 Å². The van der Waals surface area contributed by atoms with Crippen LogP contribution in [0.2, 0.25) is 0 Å². The van der Waals surface area contributed by atoms with E-state index >= 15 is 0 Å². The van der Waals surface area contributed by atoms with Gasteiger partial charge in [-0.15, -0.1) is 0 Å². The van der Waals surface area contributed by atoms with Gasteiger partial charge in [-0.1, -0.05) is 12.1 Å². The van der Waals surface area contributed by atoms with Crippen LogP contribution in [0.3, 0.4) is 0 Å². The number of methoxy groups -OCH3 is 2. The lowest BCUT2D eigenvalue weighted by molar-refractivity contribution is -0.384. The molecule has 0 fully saturated rings. The number of nitro groups is 1. The molecule has 0 spiro atoms. The third-order valence-electron chi connectivity index (χ3n) is 3.04. The second-order valence-corrected chi connectivity index (χ2v) is 4.34. The lowest BCUT2D eigenvalue weighted by Crippen LogP contribution is -2.03. The lowest BCUT2D eigenvalue weighted by atomic mass is 10.2. The van der Waals surface area contributed by atoms with E-state index in [2.05, 4.69) is 5.32 Å². The number of nitrogens with one attached hydrogen (secondary N) is 1. The van der Waals surface area contributed by atoms with E-state index < -0.39 is 4.92 Å².